The van der Waals surface area contributed by atoms with Gasteiger partial charge in [0.05, 0.1) is 0 Å². The van der Waals surface area contributed by atoms with Crippen molar-refractivity contribution >= 4 is 11.9 Å². The number of nitrogens with one attached hydrogen (secondary N) is 1. The minimum atomic E-state index is -1.46. The zero-order valence-electron chi connectivity index (χ0n) is 5.29. The quantitative estimate of drug-likeness (QED) is 0.300. The van der Waals surface area contributed by atoms with E-state index in [1.807, 2.05) is 0 Å². The average Bonchev–Trinajstić information content (AvgIpc) is 1.98. The first-order valence-corrected chi connectivity index (χ1v) is 2.51. The van der Waals surface area contributed by atoms with Gasteiger partial charge in [-0.25, -0.2) is 9.59 Å². The Morgan fingerprint density at radius 3 is 2.50 bits per heavy atom. The van der Waals surface area contributed by atoms with Gasteiger partial charge in [-0.15, -0.1) is 0 Å². The Kier molecular flexibility index (Phi) is 4.17. The fourth-order valence-corrected chi connectivity index (χ4v) is 0.217. The fourth-order valence-electron chi connectivity index (χ4n) is 0.217. The molecule has 6 nitrogen and oxygen atoms in total. The normalized spacial score (nSPS) is 8.60. The molecule has 0 aromatic heterocycles. The summed E-state index contributed by atoms with van der Waals surface area (Å²) in [5.74, 6) is -2.75. The van der Waals surface area contributed by atoms with Gasteiger partial charge in [-0.3, -0.25) is 4.89 Å². The van der Waals surface area contributed by atoms with Crippen LogP contribution >= 0.6 is 0 Å². The first-order valence-electron chi connectivity index (χ1n) is 2.51. The molecule has 0 heterocycles. The van der Waals surface area contributed by atoms with Crippen LogP contribution < -0.4 is 5.48 Å². The second-order valence-corrected chi connectivity index (χ2v) is 1.27. The maximum Gasteiger partial charge on any atom is 0.451 e. The van der Waals surface area contributed by atoms with Crippen LogP contribution in [0.1, 0.15) is 6.92 Å². The summed E-state index contributed by atoms with van der Waals surface area (Å²) in [5, 5.41) is 7.63. The molecule has 0 atom stereocenters. The molecule has 0 aliphatic carbocycles. The monoisotopic (exact) mass is 149 g/mol. The van der Waals surface area contributed by atoms with Gasteiger partial charge >= 0.3 is 11.9 Å². The minimum absolute atomic E-state index is 0.366. The van der Waals surface area contributed by atoms with Crippen molar-refractivity contribution in [3.8, 4) is 0 Å². The van der Waals surface area contributed by atoms with Crippen molar-refractivity contribution in [1.82, 2.24) is 5.48 Å². The Morgan fingerprint density at radius 2 is 2.10 bits per heavy atom. The molecule has 0 aromatic rings. The molecule has 0 amide bonds. The summed E-state index contributed by atoms with van der Waals surface area (Å²) < 4.78 is 0. The summed E-state index contributed by atoms with van der Waals surface area (Å²) in [6, 6.07) is 0. The molecule has 58 valence electrons. The highest BCUT2D eigenvalue weighted by Gasteiger charge is 2.16. The van der Waals surface area contributed by atoms with Crippen molar-refractivity contribution in [3.05, 3.63) is 0 Å². The third-order valence-corrected chi connectivity index (χ3v) is 0.559. The van der Waals surface area contributed by atoms with Gasteiger partial charge in [0.2, 0.25) is 0 Å². The third-order valence-electron chi connectivity index (χ3n) is 0.559. The van der Waals surface area contributed by atoms with Crippen molar-refractivity contribution < 1.29 is 24.6 Å². The molecule has 0 saturated carbocycles. The van der Waals surface area contributed by atoms with Crippen molar-refractivity contribution in [2.75, 3.05) is 6.54 Å². The van der Waals surface area contributed by atoms with Crippen LogP contribution in [0.25, 0.3) is 0 Å². The maximum atomic E-state index is 10.2. The van der Waals surface area contributed by atoms with Gasteiger partial charge in [0.1, 0.15) is 0 Å². The lowest BCUT2D eigenvalue weighted by atomic mass is 10.7. The van der Waals surface area contributed by atoms with Crippen molar-refractivity contribution in [2.24, 2.45) is 0 Å². The van der Waals surface area contributed by atoms with Gasteiger partial charge in [0.15, 0.2) is 0 Å². The molecule has 0 aliphatic rings. The SMILES string of the molecule is CCNOC(=O)C(=O)OO. The highest BCUT2D eigenvalue weighted by Crippen LogP contribution is 1.76. The van der Waals surface area contributed by atoms with Gasteiger partial charge < -0.3 is 4.84 Å². The van der Waals surface area contributed by atoms with E-state index in [2.05, 4.69) is 15.2 Å². The fraction of sp³-hybridized carbons (Fsp3) is 0.500. The van der Waals surface area contributed by atoms with Crippen LogP contribution in [0.3, 0.4) is 0 Å². The van der Waals surface area contributed by atoms with Crippen LogP contribution in [0.2, 0.25) is 0 Å². The molecule has 10 heavy (non-hydrogen) atoms. The summed E-state index contributed by atoms with van der Waals surface area (Å²) in [6.45, 7) is 2.03. The summed E-state index contributed by atoms with van der Waals surface area (Å²) >= 11 is 0. The second kappa shape index (κ2) is 4.71. The molecule has 2 N–H and O–H groups in total. The number of rotatable bonds is 2. The van der Waals surface area contributed by atoms with Crippen LogP contribution in [-0.4, -0.2) is 23.7 Å². The highest BCUT2D eigenvalue weighted by atomic mass is 17.1. The predicted molar refractivity (Wildman–Crippen MR) is 28.5 cm³/mol. The molecule has 0 fully saturated rings. The third kappa shape index (κ3) is 3.00. The smallest absolute Gasteiger partial charge is 0.362 e. The number of hydrogen-bond acceptors (Lipinski definition) is 6. The largest absolute Gasteiger partial charge is 0.451 e. The number of carbonyl (C=O) groups is 2. The standard InChI is InChI=1S/C4H7NO5/c1-2-5-9-3(6)4(7)10-8/h5,8H,2H2,1H3. The summed E-state index contributed by atoms with van der Waals surface area (Å²) in [4.78, 5) is 27.3. The minimum Gasteiger partial charge on any atom is -0.362 e. The Balaban J connectivity index is 3.52. The number of carbonyl (C=O) groups excluding carboxylic acids is 2. The van der Waals surface area contributed by atoms with Gasteiger partial charge in [-0.1, -0.05) is 0 Å². The topological polar surface area (TPSA) is 84.9 Å². The lowest BCUT2D eigenvalue weighted by molar-refractivity contribution is -0.238. The molecular formula is C4H7NO5. The Hall–Kier alpha value is -1.14. The molecule has 0 spiro atoms. The Bertz CT molecular complexity index is 134. The molecule has 0 rings (SSSR count). The molecule has 0 aromatic carbocycles. The molecule has 0 bridgehead atoms. The zero-order valence-corrected chi connectivity index (χ0v) is 5.29. The van der Waals surface area contributed by atoms with E-state index in [0.29, 0.717) is 6.54 Å². The van der Waals surface area contributed by atoms with Crippen LogP contribution in [0.4, 0.5) is 0 Å². The highest BCUT2D eigenvalue weighted by molar-refractivity contribution is 6.29. The summed E-state index contributed by atoms with van der Waals surface area (Å²) in [7, 11) is 0. The molecule has 0 radical (unpaired) electrons. The second-order valence-electron chi connectivity index (χ2n) is 1.27. The first kappa shape index (κ1) is 8.86. The van der Waals surface area contributed by atoms with E-state index in [4.69, 9.17) is 5.26 Å². The zero-order chi connectivity index (χ0) is 7.98. The van der Waals surface area contributed by atoms with Crippen molar-refractivity contribution in [2.45, 2.75) is 6.92 Å². The van der Waals surface area contributed by atoms with Crippen molar-refractivity contribution in [1.29, 1.82) is 0 Å². The van der Waals surface area contributed by atoms with Gasteiger partial charge in [-0.2, -0.15) is 10.7 Å². The van der Waals surface area contributed by atoms with Crippen LogP contribution in [0.15, 0.2) is 0 Å². The van der Waals surface area contributed by atoms with E-state index in [-0.39, 0.29) is 0 Å². The molecule has 6 heteroatoms. The Labute approximate surface area is 56.6 Å². The molecule has 0 saturated heterocycles. The number of hydrogen-bond donors (Lipinski definition) is 2. The van der Waals surface area contributed by atoms with Crippen LogP contribution in [0.5, 0.6) is 0 Å². The van der Waals surface area contributed by atoms with Crippen molar-refractivity contribution in [3.63, 3.8) is 0 Å². The lowest BCUT2D eigenvalue weighted by Gasteiger charge is -1.98. The molecule has 0 aliphatic heterocycles. The van der Waals surface area contributed by atoms with E-state index < -0.39 is 11.9 Å². The van der Waals surface area contributed by atoms with Gasteiger partial charge in [-0.05, 0) is 6.92 Å². The average molecular weight is 149 g/mol. The van der Waals surface area contributed by atoms with E-state index in [1.165, 1.54) is 0 Å². The van der Waals surface area contributed by atoms with Gasteiger partial charge in [0.25, 0.3) is 0 Å². The Morgan fingerprint density at radius 1 is 1.50 bits per heavy atom. The molecular weight excluding hydrogens is 142 g/mol. The van der Waals surface area contributed by atoms with E-state index >= 15 is 0 Å². The van der Waals surface area contributed by atoms with E-state index in [1.54, 1.807) is 6.92 Å². The number of hydroxylamine groups is 1. The van der Waals surface area contributed by atoms with E-state index in [0.717, 1.165) is 0 Å². The van der Waals surface area contributed by atoms with Gasteiger partial charge in [0, 0.05) is 6.54 Å². The van der Waals surface area contributed by atoms with Crippen LogP contribution in [-0.2, 0) is 19.3 Å². The predicted octanol–water partition coefficient (Wildman–Crippen LogP) is -0.930. The first-order chi connectivity index (χ1) is 4.72. The maximum absolute atomic E-state index is 10.2. The lowest BCUT2D eigenvalue weighted by Crippen LogP contribution is -2.26. The molecule has 0 unspecified atom stereocenters. The van der Waals surface area contributed by atoms with Crippen LogP contribution in [0, 0.1) is 0 Å². The summed E-state index contributed by atoms with van der Waals surface area (Å²) in [6.07, 6.45) is 0. The summed E-state index contributed by atoms with van der Waals surface area (Å²) in [5.41, 5.74) is 2.10. The van der Waals surface area contributed by atoms with E-state index in [9.17, 15) is 9.59 Å².